The van der Waals surface area contributed by atoms with E-state index in [0.29, 0.717) is 36.3 Å². The summed E-state index contributed by atoms with van der Waals surface area (Å²) in [6.45, 7) is 7.19. The van der Waals surface area contributed by atoms with Gasteiger partial charge in [-0.25, -0.2) is 0 Å². The van der Waals surface area contributed by atoms with Gasteiger partial charge in [0.2, 0.25) is 0 Å². The van der Waals surface area contributed by atoms with Crippen LogP contribution in [0.15, 0.2) is 0 Å². The highest BCUT2D eigenvalue weighted by atomic mass is 16.6. The molecule has 0 amide bonds. The van der Waals surface area contributed by atoms with Gasteiger partial charge in [0.05, 0.1) is 63.2 Å². The molecule has 4 heterocycles. The van der Waals surface area contributed by atoms with E-state index in [4.69, 9.17) is 30.4 Å². The Kier molecular flexibility index (Phi) is 5.91. The van der Waals surface area contributed by atoms with Crippen molar-refractivity contribution in [3.8, 4) is 0 Å². The fraction of sp³-hybridized carbons (Fsp3) is 1.00. The first-order valence-electron chi connectivity index (χ1n) is 11.1. The van der Waals surface area contributed by atoms with E-state index in [1.54, 1.807) is 0 Å². The third kappa shape index (κ3) is 5.43. The van der Waals surface area contributed by atoms with Crippen LogP contribution >= 0.6 is 0 Å². The maximum Gasteiger partial charge on any atom is 0.0937 e. The van der Waals surface area contributed by atoms with Gasteiger partial charge in [-0.1, -0.05) is 6.42 Å². The van der Waals surface area contributed by atoms with Crippen LogP contribution in [0.2, 0.25) is 0 Å². The predicted molar refractivity (Wildman–Crippen MR) is 104 cm³/mol. The van der Waals surface area contributed by atoms with Crippen LogP contribution in [0.5, 0.6) is 0 Å². The van der Waals surface area contributed by atoms with E-state index in [1.165, 1.54) is 19.3 Å². The quantitative estimate of drug-likeness (QED) is 0.338. The predicted octanol–water partition coefficient (Wildman–Crippen LogP) is -0.438. The second kappa shape index (κ2) is 8.43. The van der Waals surface area contributed by atoms with Crippen molar-refractivity contribution in [3.05, 3.63) is 0 Å². The lowest BCUT2D eigenvalue weighted by Gasteiger charge is -2.42. The number of ether oxygens (including phenoxy) is 4. The van der Waals surface area contributed by atoms with E-state index in [1.807, 2.05) is 0 Å². The Hall–Kier alpha value is -0.320. The first-order chi connectivity index (χ1) is 13.7. The molecule has 5 fully saturated rings. The Morgan fingerprint density at radius 2 is 0.964 bits per heavy atom. The summed E-state index contributed by atoms with van der Waals surface area (Å²) in [5.74, 6) is 0.969. The summed E-state index contributed by atoms with van der Waals surface area (Å²) < 4.78 is 21.9. The minimum absolute atomic E-state index is 0.0652. The Morgan fingerprint density at radius 1 is 0.643 bits per heavy atom. The van der Waals surface area contributed by atoms with Gasteiger partial charge in [-0.05, 0) is 31.1 Å². The second-order valence-corrected chi connectivity index (χ2v) is 9.40. The molecule has 160 valence electrons. The molecular weight excluding hydrogens is 360 g/mol. The molecule has 0 spiro atoms. The molecule has 1 aliphatic carbocycles. The average molecular weight is 397 g/mol. The van der Waals surface area contributed by atoms with Gasteiger partial charge in [0, 0.05) is 26.2 Å². The van der Waals surface area contributed by atoms with Gasteiger partial charge < -0.3 is 30.4 Å². The number of hydrogen-bond donors (Lipinski definition) is 2. The molecule has 0 aromatic heterocycles. The normalized spacial score (nSPS) is 41.1. The van der Waals surface area contributed by atoms with E-state index in [-0.39, 0.29) is 12.3 Å². The molecule has 5 aliphatic rings. The third-order valence-electron chi connectivity index (χ3n) is 6.93. The molecule has 1 saturated carbocycles. The van der Waals surface area contributed by atoms with Crippen molar-refractivity contribution in [1.29, 1.82) is 0 Å². The fourth-order valence-electron chi connectivity index (χ4n) is 4.86. The zero-order valence-electron chi connectivity index (χ0n) is 16.8. The van der Waals surface area contributed by atoms with Crippen LogP contribution < -0.4 is 11.5 Å². The molecule has 4 aliphatic heterocycles. The lowest BCUT2D eigenvalue weighted by atomic mass is 9.78. The lowest BCUT2D eigenvalue weighted by molar-refractivity contribution is 0.0515. The number of rotatable bonds is 12. The van der Waals surface area contributed by atoms with E-state index in [9.17, 15) is 0 Å². The van der Waals surface area contributed by atoms with E-state index >= 15 is 0 Å². The molecule has 0 aromatic carbocycles. The summed E-state index contributed by atoms with van der Waals surface area (Å²) in [6, 6.07) is 0. The van der Waals surface area contributed by atoms with Crippen LogP contribution in [0.4, 0.5) is 0 Å². The minimum Gasteiger partial charge on any atom is -0.372 e. The molecule has 8 nitrogen and oxygen atoms in total. The number of nitrogens with zero attached hydrogens (tertiary/aromatic N) is 2. The zero-order chi connectivity index (χ0) is 19.1. The Balaban J connectivity index is 1.18. The van der Waals surface area contributed by atoms with E-state index < -0.39 is 0 Å². The van der Waals surface area contributed by atoms with Crippen molar-refractivity contribution in [2.75, 3.05) is 52.6 Å². The topological polar surface area (TPSA) is 109 Å². The molecule has 8 heteroatoms. The number of epoxide rings is 4. The molecule has 0 aromatic rings. The van der Waals surface area contributed by atoms with Gasteiger partial charge in [-0.3, -0.25) is 9.80 Å². The Morgan fingerprint density at radius 3 is 1.25 bits per heavy atom. The number of hydrogen-bond acceptors (Lipinski definition) is 8. The summed E-state index contributed by atoms with van der Waals surface area (Å²) >= 11 is 0. The van der Waals surface area contributed by atoms with Gasteiger partial charge in [0.25, 0.3) is 0 Å². The van der Waals surface area contributed by atoms with Crippen LogP contribution in [-0.4, -0.2) is 99.2 Å². The summed E-state index contributed by atoms with van der Waals surface area (Å²) in [7, 11) is 0. The van der Waals surface area contributed by atoms with Crippen LogP contribution in [0.1, 0.15) is 25.7 Å². The smallest absolute Gasteiger partial charge is 0.0937 e. The molecule has 4 N–H and O–H groups in total. The first kappa shape index (κ1) is 19.6. The van der Waals surface area contributed by atoms with Gasteiger partial charge in [0.1, 0.15) is 0 Å². The van der Waals surface area contributed by atoms with Gasteiger partial charge >= 0.3 is 0 Å². The lowest BCUT2D eigenvalue weighted by Crippen LogP contribution is -2.54. The van der Waals surface area contributed by atoms with Crippen molar-refractivity contribution >= 4 is 0 Å². The molecule has 8 unspecified atom stereocenters. The largest absolute Gasteiger partial charge is 0.372 e. The van der Waals surface area contributed by atoms with Crippen molar-refractivity contribution in [2.45, 2.75) is 62.4 Å². The minimum atomic E-state index is 0.0652. The van der Waals surface area contributed by atoms with E-state index in [2.05, 4.69) is 9.80 Å². The molecule has 5 rings (SSSR count). The standard InChI is InChI=1S/C20H36N4O4/c21-19(23(5-15-9-25-15)6-16-10-26-16)13-2-1-3-14(4-13)20(22)24(7-17-11-27-17)8-18-12-28-18/h13-20H,1-12,21-22H2. The first-order valence-corrected chi connectivity index (χ1v) is 11.1. The van der Waals surface area contributed by atoms with Gasteiger partial charge in [-0.2, -0.15) is 0 Å². The van der Waals surface area contributed by atoms with Crippen LogP contribution in [-0.2, 0) is 18.9 Å². The fourth-order valence-corrected chi connectivity index (χ4v) is 4.86. The number of nitrogens with two attached hydrogens (primary N) is 2. The summed E-state index contributed by atoms with van der Waals surface area (Å²) in [5.41, 5.74) is 13.6. The van der Waals surface area contributed by atoms with Gasteiger partial charge in [0.15, 0.2) is 0 Å². The molecule has 4 saturated heterocycles. The SMILES string of the molecule is NC(C1CCCC(C(N)N(CC2CO2)CC2CO2)C1)N(CC1CO1)CC1CO1. The monoisotopic (exact) mass is 396 g/mol. The van der Waals surface area contributed by atoms with Crippen molar-refractivity contribution in [2.24, 2.45) is 23.3 Å². The summed E-state index contributed by atoms with van der Waals surface area (Å²) in [6.07, 6.45) is 6.26. The van der Waals surface area contributed by atoms with Crippen LogP contribution in [0, 0.1) is 11.8 Å². The van der Waals surface area contributed by atoms with Crippen molar-refractivity contribution < 1.29 is 18.9 Å². The zero-order valence-corrected chi connectivity index (χ0v) is 16.8. The molecular formula is C20H36N4O4. The second-order valence-electron chi connectivity index (χ2n) is 9.40. The van der Waals surface area contributed by atoms with Crippen LogP contribution in [0.25, 0.3) is 0 Å². The maximum atomic E-state index is 6.79. The highest BCUT2D eigenvalue weighted by Gasteiger charge is 2.40. The van der Waals surface area contributed by atoms with Crippen molar-refractivity contribution in [1.82, 2.24) is 9.80 Å². The van der Waals surface area contributed by atoms with Crippen molar-refractivity contribution in [3.63, 3.8) is 0 Å². The Labute approximate surface area is 167 Å². The highest BCUT2D eigenvalue weighted by molar-refractivity contribution is 4.91. The third-order valence-corrected chi connectivity index (χ3v) is 6.93. The van der Waals surface area contributed by atoms with Gasteiger partial charge in [-0.15, -0.1) is 0 Å². The molecule has 8 atom stereocenters. The molecule has 0 radical (unpaired) electrons. The van der Waals surface area contributed by atoms with Crippen LogP contribution in [0.3, 0.4) is 0 Å². The maximum absolute atomic E-state index is 6.79. The van der Waals surface area contributed by atoms with E-state index in [0.717, 1.165) is 59.0 Å². The molecule has 28 heavy (non-hydrogen) atoms. The average Bonchev–Trinajstić information content (AvgIpc) is 3.56. The summed E-state index contributed by atoms with van der Waals surface area (Å²) in [5, 5.41) is 0. The highest BCUT2D eigenvalue weighted by Crippen LogP contribution is 2.35. The Bertz CT molecular complexity index is 452. The molecule has 0 bridgehead atoms. The summed E-state index contributed by atoms with van der Waals surface area (Å²) in [4.78, 5) is 4.81.